The van der Waals surface area contributed by atoms with Crippen LogP contribution >= 0.6 is 0 Å². The van der Waals surface area contributed by atoms with Gasteiger partial charge in [0, 0.05) is 11.1 Å². The first kappa shape index (κ1) is 11.1. The highest BCUT2D eigenvalue weighted by Gasteiger charge is 2.07. The van der Waals surface area contributed by atoms with Gasteiger partial charge in [0.05, 0.1) is 5.52 Å². The lowest BCUT2D eigenvalue weighted by Gasteiger charge is -2.11. The Hall–Kier alpha value is -1.41. The normalized spacial score (nSPS) is 12.9. The van der Waals surface area contributed by atoms with Gasteiger partial charge >= 0.3 is 0 Å². The molecule has 1 unspecified atom stereocenters. The SMILES string of the molecule is Cc1cc(CC(C)CN)c2ccccc2n1. The molecule has 2 nitrogen and oxygen atoms in total. The zero-order valence-electron chi connectivity index (χ0n) is 9.90. The molecule has 2 rings (SSSR count). The molecular weight excluding hydrogens is 196 g/mol. The summed E-state index contributed by atoms with van der Waals surface area (Å²) in [6, 6.07) is 10.5. The van der Waals surface area contributed by atoms with E-state index in [9.17, 15) is 0 Å². The molecule has 0 saturated carbocycles. The summed E-state index contributed by atoms with van der Waals surface area (Å²) in [4.78, 5) is 4.54. The number of para-hydroxylation sites is 1. The first-order chi connectivity index (χ1) is 7.70. The molecule has 1 atom stereocenters. The molecule has 16 heavy (non-hydrogen) atoms. The number of pyridine rings is 1. The fraction of sp³-hybridized carbons (Fsp3) is 0.357. The Labute approximate surface area is 96.5 Å². The van der Waals surface area contributed by atoms with Crippen molar-refractivity contribution in [3.05, 3.63) is 41.6 Å². The minimum atomic E-state index is 0.519. The van der Waals surface area contributed by atoms with Crippen molar-refractivity contribution >= 4 is 10.9 Å². The predicted octanol–water partition coefficient (Wildman–Crippen LogP) is 2.68. The topological polar surface area (TPSA) is 38.9 Å². The largest absolute Gasteiger partial charge is 0.330 e. The lowest BCUT2D eigenvalue weighted by atomic mass is 9.97. The number of rotatable bonds is 3. The smallest absolute Gasteiger partial charge is 0.0707 e. The number of hydrogen-bond acceptors (Lipinski definition) is 2. The fourth-order valence-electron chi connectivity index (χ4n) is 2.02. The molecule has 1 aromatic carbocycles. The molecule has 0 fully saturated rings. The van der Waals surface area contributed by atoms with Crippen molar-refractivity contribution in [3.63, 3.8) is 0 Å². The van der Waals surface area contributed by atoms with E-state index in [0.717, 1.165) is 24.2 Å². The van der Waals surface area contributed by atoms with Crippen LogP contribution in [0.2, 0.25) is 0 Å². The number of aryl methyl sites for hydroxylation is 1. The molecule has 0 aliphatic carbocycles. The summed E-state index contributed by atoms with van der Waals surface area (Å²) in [5, 5.41) is 1.26. The van der Waals surface area contributed by atoms with Crippen LogP contribution in [0, 0.1) is 12.8 Å². The lowest BCUT2D eigenvalue weighted by molar-refractivity contribution is 0.595. The van der Waals surface area contributed by atoms with Crippen molar-refractivity contribution in [1.82, 2.24) is 4.98 Å². The maximum absolute atomic E-state index is 5.69. The van der Waals surface area contributed by atoms with Gasteiger partial charge in [-0.25, -0.2) is 0 Å². The van der Waals surface area contributed by atoms with Crippen LogP contribution in [0.1, 0.15) is 18.2 Å². The van der Waals surface area contributed by atoms with Crippen molar-refractivity contribution in [2.45, 2.75) is 20.3 Å². The van der Waals surface area contributed by atoms with Gasteiger partial charge in [-0.3, -0.25) is 4.98 Å². The zero-order chi connectivity index (χ0) is 11.5. The van der Waals surface area contributed by atoms with Crippen LogP contribution in [0.5, 0.6) is 0 Å². The van der Waals surface area contributed by atoms with Crippen molar-refractivity contribution in [3.8, 4) is 0 Å². The minimum Gasteiger partial charge on any atom is -0.330 e. The van der Waals surface area contributed by atoms with Crippen molar-refractivity contribution < 1.29 is 0 Å². The van der Waals surface area contributed by atoms with Crippen molar-refractivity contribution in [1.29, 1.82) is 0 Å². The number of hydrogen-bond donors (Lipinski definition) is 1. The van der Waals surface area contributed by atoms with E-state index in [4.69, 9.17) is 5.73 Å². The zero-order valence-corrected chi connectivity index (χ0v) is 9.90. The highest BCUT2D eigenvalue weighted by atomic mass is 14.7. The summed E-state index contributed by atoms with van der Waals surface area (Å²) in [5.74, 6) is 0.519. The Morgan fingerprint density at radius 3 is 2.81 bits per heavy atom. The maximum atomic E-state index is 5.69. The third kappa shape index (κ3) is 2.22. The van der Waals surface area contributed by atoms with Crippen LogP contribution in [0.15, 0.2) is 30.3 Å². The summed E-state index contributed by atoms with van der Waals surface area (Å²) in [6.45, 7) is 4.96. The molecular formula is C14H18N2. The molecule has 0 saturated heterocycles. The fourth-order valence-corrected chi connectivity index (χ4v) is 2.02. The Kier molecular flexibility index (Phi) is 3.20. The standard InChI is InChI=1S/C14H18N2/c1-10(9-15)7-12-8-11(2)16-14-6-4-3-5-13(12)14/h3-6,8,10H,7,9,15H2,1-2H3. The van der Waals surface area contributed by atoms with Crippen LogP contribution in [0.25, 0.3) is 10.9 Å². The average molecular weight is 214 g/mol. The van der Waals surface area contributed by atoms with E-state index in [1.807, 2.05) is 13.0 Å². The van der Waals surface area contributed by atoms with E-state index in [0.29, 0.717) is 5.92 Å². The average Bonchev–Trinajstić information content (AvgIpc) is 2.28. The van der Waals surface area contributed by atoms with Crippen LogP contribution < -0.4 is 5.73 Å². The summed E-state index contributed by atoms with van der Waals surface area (Å²) >= 11 is 0. The predicted molar refractivity (Wildman–Crippen MR) is 68.4 cm³/mol. The second-order valence-corrected chi connectivity index (χ2v) is 4.48. The summed E-state index contributed by atoms with van der Waals surface area (Å²) in [6.07, 6.45) is 1.03. The first-order valence-electron chi connectivity index (χ1n) is 5.76. The maximum Gasteiger partial charge on any atom is 0.0707 e. The number of nitrogens with zero attached hydrogens (tertiary/aromatic N) is 1. The molecule has 1 aromatic heterocycles. The third-order valence-electron chi connectivity index (χ3n) is 2.90. The van der Waals surface area contributed by atoms with Crippen molar-refractivity contribution in [2.24, 2.45) is 11.7 Å². The van der Waals surface area contributed by atoms with Gasteiger partial charge in [0.2, 0.25) is 0 Å². The van der Waals surface area contributed by atoms with Gasteiger partial charge in [0.25, 0.3) is 0 Å². The second kappa shape index (κ2) is 4.62. The van der Waals surface area contributed by atoms with Gasteiger partial charge in [-0.1, -0.05) is 25.1 Å². The summed E-state index contributed by atoms with van der Waals surface area (Å²) in [5.41, 5.74) is 9.21. The Bertz CT molecular complexity index is 491. The highest BCUT2D eigenvalue weighted by molar-refractivity contribution is 5.82. The summed E-state index contributed by atoms with van der Waals surface area (Å²) < 4.78 is 0. The Balaban J connectivity index is 2.50. The number of benzene rings is 1. The van der Waals surface area contributed by atoms with Crippen LogP contribution in [-0.4, -0.2) is 11.5 Å². The van der Waals surface area contributed by atoms with E-state index in [1.54, 1.807) is 0 Å². The molecule has 84 valence electrons. The molecule has 0 radical (unpaired) electrons. The quantitative estimate of drug-likeness (QED) is 0.853. The van der Waals surface area contributed by atoms with Crippen LogP contribution in [-0.2, 0) is 6.42 Å². The number of aromatic nitrogens is 1. The molecule has 2 N–H and O–H groups in total. The lowest BCUT2D eigenvalue weighted by Crippen LogP contribution is -2.13. The molecule has 2 aromatic rings. The molecule has 2 heteroatoms. The van der Waals surface area contributed by atoms with Gasteiger partial charge < -0.3 is 5.73 Å². The molecule has 0 spiro atoms. The Morgan fingerprint density at radius 1 is 1.31 bits per heavy atom. The van der Waals surface area contributed by atoms with Gasteiger partial charge in [-0.2, -0.15) is 0 Å². The monoisotopic (exact) mass is 214 g/mol. The number of nitrogens with two attached hydrogens (primary N) is 1. The van der Waals surface area contributed by atoms with Gasteiger partial charge in [-0.15, -0.1) is 0 Å². The van der Waals surface area contributed by atoms with Crippen molar-refractivity contribution in [2.75, 3.05) is 6.54 Å². The van der Waals surface area contributed by atoms with E-state index in [1.165, 1.54) is 10.9 Å². The van der Waals surface area contributed by atoms with Crippen LogP contribution in [0.4, 0.5) is 0 Å². The van der Waals surface area contributed by atoms with Gasteiger partial charge in [0.15, 0.2) is 0 Å². The molecule has 0 amide bonds. The van der Waals surface area contributed by atoms with E-state index < -0.39 is 0 Å². The number of fused-ring (bicyclic) bond motifs is 1. The van der Waals surface area contributed by atoms with Gasteiger partial charge in [-0.05, 0) is 43.5 Å². The summed E-state index contributed by atoms with van der Waals surface area (Å²) in [7, 11) is 0. The van der Waals surface area contributed by atoms with Gasteiger partial charge in [0.1, 0.15) is 0 Å². The second-order valence-electron chi connectivity index (χ2n) is 4.48. The van der Waals surface area contributed by atoms with E-state index in [2.05, 4.69) is 36.2 Å². The molecule has 0 aliphatic heterocycles. The molecule has 1 heterocycles. The third-order valence-corrected chi connectivity index (χ3v) is 2.90. The minimum absolute atomic E-state index is 0.519. The van der Waals surface area contributed by atoms with E-state index in [-0.39, 0.29) is 0 Å². The van der Waals surface area contributed by atoms with Crippen LogP contribution in [0.3, 0.4) is 0 Å². The molecule has 0 bridgehead atoms. The van der Waals surface area contributed by atoms with E-state index >= 15 is 0 Å². The Morgan fingerprint density at radius 2 is 2.06 bits per heavy atom. The highest BCUT2D eigenvalue weighted by Crippen LogP contribution is 2.20. The first-order valence-corrected chi connectivity index (χ1v) is 5.76. The molecule has 0 aliphatic rings.